The number of nitrogens with two attached hydrogens (primary N) is 1. The molecule has 3 aromatic rings. The number of unbranched alkanes of at least 4 members (excludes halogenated alkanes) is 2. The van der Waals surface area contributed by atoms with Crippen LogP contribution in [0.2, 0.25) is 0 Å². The molecule has 0 spiro atoms. The van der Waals surface area contributed by atoms with Crippen LogP contribution >= 0.6 is 0 Å². The van der Waals surface area contributed by atoms with Gasteiger partial charge in [0.2, 0.25) is 5.89 Å². The van der Waals surface area contributed by atoms with E-state index in [1.54, 1.807) is 30.3 Å². The number of anilines is 1. The van der Waals surface area contributed by atoms with Crippen molar-refractivity contribution >= 4 is 11.6 Å². The van der Waals surface area contributed by atoms with Gasteiger partial charge in [-0.25, -0.2) is 4.98 Å². The monoisotopic (exact) mass is 545 g/mol. The van der Waals surface area contributed by atoms with Gasteiger partial charge in [-0.15, -0.1) is 10.2 Å². The summed E-state index contributed by atoms with van der Waals surface area (Å²) in [6.45, 7) is -0.525. The molecule has 8 nitrogen and oxygen atoms in total. The lowest BCUT2D eigenvalue weighted by Gasteiger charge is -2.24. The zero-order valence-corrected chi connectivity index (χ0v) is 20.0. The number of hydrogen-bond acceptors (Lipinski definition) is 7. The number of carbonyl (C=O) groups excluding carboxylic acids is 1. The molecule has 0 saturated heterocycles. The number of hydrogen-bond donors (Lipinski definition) is 2. The van der Waals surface area contributed by atoms with Gasteiger partial charge < -0.3 is 20.2 Å². The Bertz CT molecular complexity index is 1210. The van der Waals surface area contributed by atoms with Gasteiger partial charge >= 0.3 is 12.4 Å². The molecule has 3 N–H and O–H groups in total. The molecule has 0 radical (unpaired) electrons. The molecule has 206 valence electrons. The van der Waals surface area contributed by atoms with Crippen molar-refractivity contribution < 1.29 is 40.7 Å². The fourth-order valence-electron chi connectivity index (χ4n) is 3.64. The van der Waals surface area contributed by atoms with E-state index in [9.17, 15) is 31.1 Å². The maximum Gasteiger partial charge on any atom is 0.418 e. The third-order valence-corrected chi connectivity index (χ3v) is 5.45. The van der Waals surface area contributed by atoms with Gasteiger partial charge in [-0.2, -0.15) is 26.3 Å². The first kappa shape index (κ1) is 28.9. The predicted molar refractivity (Wildman–Crippen MR) is 123 cm³/mol. The van der Waals surface area contributed by atoms with Gasteiger partial charge in [-0.05, 0) is 24.5 Å². The summed E-state index contributed by atoms with van der Waals surface area (Å²) in [5.41, 5.74) is 3.25. The normalized spacial score (nSPS) is 12.1. The van der Waals surface area contributed by atoms with E-state index in [-0.39, 0.29) is 62.9 Å². The van der Waals surface area contributed by atoms with E-state index in [0.29, 0.717) is 11.6 Å². The van der Waals surface area contributed by atoms with Crippen molar-refractivity contribution in [3.05, 3.63) is 59.1 Å². The number of pyridine rings is 1. The highest BCUT2D eigenvalue weighted by Gasteiger charge is 2.39. The Morgan fingerprint density at radius 2 is 1.74 bits per heavy atom. The quantitative estimate of drug-likeness (QED) is 0.256. The molecule has 0 aliphatic carbocycles. The number of nitrogens with zero attached hydrogens (tertiary/aromatic N) is 4. The molecule has 2 aromatic heterocycles. The number of aliphatic hydroxyl groups is 1. The van der Waals surface area contributed by atoms with E-state index in [2.05, 4.69) is 15.2 Å². The van der Waals surface area contributed by atoms with Gasteiger partial charge in [-0.3, -0.25) is 4.79 Å². The Kier molecular flexibility index (Phi) is 9.31. The molecule has 3 rings (SSSR count). The number of carbonyl (C=O) groups is 1. The second-order valence-corrected chi connectivity index (χ2v) is 8.43. The van der Waals surface area contributed by atoms with E-state index in [0.717, 1.165) is 4.90 Å². The number of halogens is 6. The number of benzene rings is 1. The number of alkyl halides is 6. The fourth-order valence-corrected chi connectivity index (χ4v) is 3.64. The van der Waals surface area contributed by atoms with Gasteiger partial charge in [0, 0.05) is 25.9 Å². The van der Waals surface area contributed by atoms with E-state index in [1.165, 1.54) is 0 Å². The lowest BCUT2D eigenvalue weighted by molar-refractivity contribution is -0.138. The van der Waals surface area contributed by atoms with Gasteiger partial charge in [0.05, 0.1) is 17.9 Å². The summed E-state index contributed by atoms with van der Waals surface area (Å²) in [6, 6.07) is 8.96. The van der Waals surface area contributed by atoms with E-state index >= 15 is 0 Å². The molecule has 0 bridgehead atoms. The Labute approximate surface area is 213 Å². The van der Waals surface area contributed by atoms with Crippen molar-refractivity contribution in [1.82, 2.24) is 20.1 Å². The zero-order valence-electron chi connectivity index (χ0n) is 20.0. The van der Waals surface area contributed by atoms with E-state index < -0.39 is 41.6 Å². The molecule has 0 aliphatic heterocycles. The summed E-state index contributed by atoms with van der Waals surface area (Å²) in [5, 5.41) is 16.4. The van der Waals surface area contributed by atoms with Crippen LogP contribution in [0.3, 0.4) is 0 Å². The standard InChI is InChI=1S/C24H25F6N5O3/c25-23(26,27)10-5-2-6-11-35(14-15-7-3-1-4-8-15)22(37)19-16(24(28,29)30)13-17(31)20(32-19)21-34-33-18(38-21)9-12-36/h1,3-4,7-8,13,36H,2,5-6,9-12,14,31H2. The van der Waals surface area contributed by atoms with Crippen molar-refractivity contribution in [2.75, 3.05) is 18.9 Å². The van der Waals surface area contributed by atoms with Crippen molar-refractivity contribution in [2.24, 2.45) is 0 Å². The number of aromatic nitrogens is 3. The van der Waals surface area contributed by atoms with Crippen LogP contribution in [-0.4, -0.2) is 50.4 Å². The topological polar surface area (TPSA) is 118 Å². The summed E-state index contributed by atoms with van der Waals surface area (Å²) in [6.07, 6.45) is -10.3. The Morgan fingerprint density at radius 1 is 1.03 bits per heavy atom. The molecule has 38 heavy (non-hydrogen) atoms. The maximum absolute atomic E-state index is 13.9. The maximum atomic E-state index is 13.9. The van der Waals surface area contributed by atoms with Crippen LogP contribution in [0.5, 0.6) is 0 Å². The number of nitrogen functional groups attached to an aromatic ring is 1. The minimum absolute atomic E-state index is 0.0129. The van der Waals surface area contributed by atoms with Crippen LogP contribution in [0.15, 0.2) is 40.8 Å². The fraction of sp³-hybridized carbons (Fsp3) is 0.417. The Morgan fingerprint density at radius 3 is 2.37 bits per heavy atom. The highest BCUT2D eigenvalue weighted by molar-refractivity contribution is 5.95. The first-order chi connectivity index (χ1) is 17.9. The average Bonchev–Trinajstić information content (AvgIpc) is 3.30. The number of rotatable bonds is 11. The van der Waals surface area contributed by atoms with Crippen molar-refractivity contribution in [1.29, 1.82) is 0 Å². The second-order valence-electron chi connectivity index (χ2n) is 8.43. The minimum atomic E-state index is -4.99. The molecular weight excluding hydrogens is 520 g/mol. The highest BCUT2D eigenvalue weighted by atomic mass is 19.4. The van der Waals surface area contributed by atoms with Gasteiger partial charge in [0.15, 0.2) is 5.69 Å². The number of amides is 1. The van der Waals surface area contributed by atoms with Crippen LogP contribution in [0.25, 0.3) is 11.6 Å². The largest absolute Gasteiger partial charge is 0.419 e. The van der Waals surface area contributed by atoms with Crippen molar-refractivity contribution in [2.45, 2.75) is 51.0 Å². The molecule has 0 saturated carbocycles. The van der Waals surface area contributed by atoms with Crippen LogP contribution in [0.4, 0.5) is 32.0 Å². The first-order valence-electron chi connectivity index (χ1n) is 11.6. The van der Waals surface area contributed by atoms with Crippen molar-refractivity contribution in [3.63, 3.8) is 0 Å². The van der Waals surface area contributed by atoms with E-state index in [4.69, 9.17) is 15.3 Å². The molecular formula is C24H25F6N5O3. The summed E-state index contributed by atoms with van der Waals surface area (Å²) in [7, 11) is 0. The van der Waals surface area contributed by atoms with Gasteiger partial charge in [0.1, 0.15) is 5.69 Å². The molecule has 0 atom stereocenters. The molecule has 14 heteroatoms. The Hall–Kier alpha value is -3.68. The molecule has 0 unspecified atom stereocenters. The SMILES string of the molecule is Nc1cc(C(F)(F)F)c(C(=O)N(CCCCCC(F)(F)F)Cc2ccccc2)nc1-c1nnc(CCO)o1. The predicted octanol–water partition coefficient (Wildman–Crippen LogP) is 5.03. The molecule has 1 aromatic carbocycles. The summed E-state index contributed by atoms with van der Waals surface area (Å²) < 4.78 is 84.5. The second kappa shape index (κ2) is 12.2. The van der Waals surface area contributed by atoms with Gasteiger partial charge in [0.25, 0.3) is 11.8 Å². The van der Waals surface area contributed by atoms with Gasteiger partial charge in [-0.1, -0.05) is 36.8 Å². The number of aliphatic hydroxyl groups excluding tert-OH is 1. The average molecular weight is 545 g/mol. The smallest absolute Gasteiger partial charge is 0.418 e. The van der Waals surface area contributed by atoms with Crippen LogP contribution < -0.4 is 5.73 Å². The first-order valence-corrected chi connectivity index (χ1v) is 11.6. The molecule has 2 heterocycles. The van der Waals surface area contributed by atoms with Crippen molar-refractivity contribution in [3.8, 4) is 11.6 Å². The molecule has 1 amide bonds. The summed E-state index contributed by atoms with van der Waals surface area (Å²) in [5.74, 6) is -1.44. The minimum Gasteiger partial charge on any atom is -0.419 e. The van der Waals surface area contributed by atoms with Crippen LogP contribution in [-0.2, 0) is 19.1 Å². The lowest BCUT2D eigenvalue weighted by atomic mass is 10.1. The summed E-state index contributed by atoms with van der Waals surface area (Å²) >= 11 is 0. The highest BCUT2D eigenvalue weighted by Crippen LogP contribution is 2.36. The van der Waals surface area contributed by atoms with E-state index in [1.807, 2.05) is 0 Å². The lowest BCUT2D eigenvalue weighted by Crippen LogP contribution is -2.34. The van der Waals surface area contributed by atoms with Crippen LogP contribution in [0, 0.1) is 0 Å². The zero-order chi connectivity index (χ0) is 27.9. The third-order valence-electron chi connectivity index (χ3n) is 5.45. The molecule has 0 fully saturated rings. The summed E-state index contributed by atoms with van der Waals surface area (Å²) in [4.78, 5) is 18.5. The Balaban J connectivity index is 1.96. The van der Waals surface area contributed by atoms with Crippen LogP contribution in [0.1, 0.15) is 53.2 Å². The third kappa shape index (κ3) is 7.91. The molecule has 0 aliphatic rings.